The molecule has 0 amide bonds. The Labute approximate surface area is 120 Å². The number of fused-ring (bicyclic) bond motifs is 1. The Morgan fingerprint density at radius 1 is 1.00 bits per heavy atom. The molecule has 0 saturated heterocycles. The van der Waals surface area contributed by atoms with Crippen LogP contribution in [0.25, 0.3) is 0 Å². The molecule has 3 rings (SSSR count). The van der Waals surface area contributed by atoms with E-state index in [1.165, 1.54) is 0 Å². The fourth-order valence-corrected chi connectivity index (χ4v) is 2.68. The second-order valence-electron chi connectivity index (χ2n) is 5.03. The molecule has 1 unspecified atom stereocenters. The molecule has 2 aromatic carbocycles. The van der Waals surface area contributed by atoms with Gasteiger partial charge in [0.25, 0.3) is 0 Å². The lowest BCUT2D eigenvalue weighted by Gasteiger charge is -2.19. The molecule has 1 heterocycles. The van der Waals surface area contributed by atoms with Crippen molar-refractivity contribution in [1.82, 2.24) is 5.32 Å². The highest BCUT2D eigenvalue weighted by Crippen LogP contribution is 2.30. The Balaban J connectivity index is 2.07. The lowest BCUT2D eigenvalue weighted by Crippen LogP contribution is -2.21. The highest BCUT2D eigenvalue weighted by Gasteiger charge is 2.23. The highest BCUT2D eigenvalue weighted by molar-refractivity contribution is 5.39. The molecule has 0 bridgehead atoms. The molecule has 2 nitrogen and oxygen atoms in total. The van der Waals surface area contributed by atoms with Crippen molar-refractivity contribution in [2.24, 2.45) is 0 Å². The molecule has 0 spiro atoms. The number of halogens is 3. The van der Waals surface area contributed by atoms with Crippen LogP contribution in [0.1, 0.15) is 28.3 Å². The second-order valence-corrected chi connectivity index (χ2v) is 5.03. The van der Waals surface area contributed by atoms with Crippen molar-refractivity contribution in [2.75, 3.05) is 7.05 Å². The van der Waals surface area contributed by atoms with E-state index in [2.05, 4.69) is 5.32 Å². The van der Waals surface area contributed by atoms with E-state index in [-0.39, 0.29) is 5.56 Å². The zero-order chi connectivity index (χ0) is 15.0. The molecule has 1 aliphatic heterocycles. The number of ether oxygens (including phenoxy) is 1. The summed E-state index contributed by atoms with van der Waals surface area (Å²) in [7, 11) is 1.61. The van der Waals surface area contributed by atoms with E-state index < -0.39 is 23.5 Å². The van der Waals surface area contributed by atoms with Crippen molar-refractivity contribution in [3.63, 3.8) is 0 Å². The summed E-state index contributed by atoms with van der Waals surface area (Å²) in [6.45, 7) is 1.05. The van der Waals surface area contributed by atoms with Crippen LogP contribution in [0.3, 0.4) is 0 Å². The minimum Gasteiger partial charge on any atom is -0.372 e. The van der Waals surface area contributed by atoms with Crippen LogP contribution in [0.5, 0.6) is 0 Å². The van der Waals surface area contributed by atoms with Crippen molar-refractivity contribution in [1.29, 1.82) is 0 Å². The standard InChI is InChI=1S/C16H14F3NO/c1-20-16(15-13(18)5-12(17)6-14(15)19)9-2-3-10-7-21-8-11(10)4-9/h2-6,16,20H,7-8H2,1H3. The first kappa shape index (κ1) is 14.1. The first-order chi connectivity index (χ1) is 10.1. The van der Waals surface area contributed by atoms with Gasteiger partial charge in [0.2, 0.25) is 0 Å². The molecular weight excluding hydrogens is 279 g/mol. The van der Waals surface area contributed by atoms with Crippen LogP contribution in [0, 0.1) is 17.5 Å². The van der Waals surface area contributed by atoms with Crippen molar-refractivity contribution >= 4 is 0 Å². The molecule has 21 heavy (non-hydrogen) atoms. The monoisotopic (exact) mass is 293 g/mol. The number of nitrogens with one attached hydrogen (secondary N) is 1. The van der Waals surface area contributed by atoms with Crippen LogP contribution in [0.4, 0.5) is 13.2 Å². The Bertz CT molecular complexity index is 664. The molecule has 1 N–H and O–H groups in total. The SMILES string of the molecule is CNC(c1ccc2c(c1)COC2)c1c(F)cc(F)cc1F. The number of hydrogen-bond acceptors (Lipinski definition) is 2. The van der Waals surface area contributed by atoms with E-state index in [4.69, 9.17) is 4.74 Å². The third kappa shape index (κ3) is 2.54. The van der Waals surface area contributed by atoms with Gasteiger partial charge in [-0.15, -0.1) is 0 Å². The molecule has 0 radical (unpaired) electrons. The first-order valence-corrected chi connectivity index (χ1v) is 6.61. The van der Waals surface area contributed by atoms with Gasteiger partial charge in [-0.05, 0) is 23.7 Å². The highest BCUT2D eigenvalue weighted by atomic mass is 19.1. The zero-order valence-corrected chi connectivity index (χ0v) is 11.4. The van der Waals surface area contributed by atoms with Crippen LogP contribution in [0.15, 0.2) is 30.3 Å². The van der Waals surface area contributed by atoms with E-state index >= 15 is 0 Å². The minimum atomic E-state index is -0.925. The van der Waals surface area contributed by atoms with Gasteiger partial charge in [0.05, 0.1) is 19.3 Å². The summed E-state index contributed by atoms with van der Waals surface area (Å²) in [5.74, 6) is -2.72. The normalized spacial score (nSPS) is 15.0. The predicted molar refractivity (Wildman–Crippen MR) is 72.2 cm³/mol. The van der Waals surface area contributed by atoms with Crippen LogP contribution >= 0.6 is 0 Å². The average Bonchev–Trinajstić information content (AvgIpc) is 2.89. The zero-order valence-electron chi connectivity index (χ0n) is 11.4. The number of rotatable bonds is 3. The van der Waals surface area contributed by atoms with Gasteiger partial charge in [-0.1, -0.05) is 18.2 Å². The predicted octanol–water partition coefficient (Wildman–Crippen LogP) is 3.44. The molecule has 2 aromatic rings. The summed E-state index contributed by atoms with van der Waals surface area (Å²) >= 11 is 0. The minimum absolute atomic E-state index is 0.183. The van der Waals surface area contributed by atoms with E-state index in [0.29, 0.717) is 30.9 Å². The van der Waals surface area contributed by atoms with Crippen molar-refractivity contribution in [2.45, 2.75) is 19.3 Å². The van der Waals surface area contributed by atoms with Crippen LogP contribution in [-0.2, 0) is 18.0 Å². The van der Waals surface area contributed by atoms with Gasteiger partial charge in [-0.3, -0.25) is 0 Å². The summed E-state index contributed by atoms with van der Waals surface area (Å²) in [6, 6.07) is 6.26. The van der Waals surface area contributed by atoms with E-state index in [1.807, 2.05) is 12.1 Å². The lowest BCUT2D eigenvalue weighted by molar-refractivity contribution is 0.134. The maximum Gasteiger partial charge on any atom is 0.134 e. The van der Waals surface area contributed by atoms with Gasteiger partial charge >= 0.3 is 0 Å². The van der Waals surface area contributed by atoms with Gasteiger partial charge in [0.15, 0.2) is 0 Å². The van der Waals surface area contributed by atoms with Crippen molar-refractivity contribution in [3.05, 3.63) is 70.0 Å². The van der Waals surface area contributed by atoms with Gasteiger partial charge in [0.1, 0.15) is 17.5 Å². The molecule has 0 aliphatic carbocycles. The largest absolute Gasteiger partial charge is 0.372 e. The average molecular weight is 293 g/mol. The van der Waals surface area contributed by atoms with Gasteiger partial charge in [-0.25, -0.2) is 13.2 Å². The first-order valence-electron chi connectivity index (χ1n) is 6.61. The van der Waals surface area contributed by atoms with Crippen LogP contribution in [-0.4, -0.2) is 7.05 Å². The van der Waals surface area contributed by atoms with Gasteiger partial charge < -0.3 is 10.1 Å². The number of hydrogen-bond donors (Lipinski definition) is 1. The van der Waals surface area contributed by atoms with Crippen molar-refractivity contribution in [3.8, 4) is 0 Å². The molecule has 1 aliphatic rings. The Hall–Kier alpha value is -1.85. The lowest BCUT2D eigenvalue weighted by atomic mass is 9.95. The van der Waals surface area contributed by atoms with Crippen molar-refractivity contribution < 1.29 is 17.9 Å². The van der Waals surface area contributed by atoms with Crippen LogP contribution in [0.2, 0.25) is 0 Å². The summed E-state index contributed by atoms with van der Waals surface area (Å²) in [5, 5.41) is 2.88. The molecule has 0 saturated carbocycles. The van der Waals surface area contributed by atoms with Gasteiger partial charge in [0, 0.05) is 17.7 Å². The Kier molecular flexibility index (Phi) is 3.69. The van der Waals surface area contributed by atoms with Crippen LogP contribution < -0.4 is 5.32 Å². The molecule has 0 aromatic heterocycles. The third-order valence-electron chi connectivity index (χ3n) is 3.70. The molecule has 1 atom stereocenters. The topological polar surface area (TPSA) is 21.3 Å². The summed E-state index contributed by atoms with van der Waals surface area (Å²) in [5.41, 5.74) is 2.62. The Morgan fingerprint density at radius 3 is 2.33 bits per heavy atom. The fraction of sp³-hybridized carbons (Fsp3) is 0.250. The summed E-state index contributed by atoms with van der Waals surface area (Å²) in [6.07, 6.45) is 0. The maximum atomic E-state index is 14.0. The number of benzene rings is 2. The maximum absolute atomic E-state index is 14.0. The quantitative estimate of drug-likeness (QED) is 0.936. The second kappa shape index (κ2) is 5.50. The summed E-state index contributed by atoms with van der Waals surface area (Å²) < 4.78 is 46.3. The van der Waals surface area contributed by atoms with Gasteiger partial charge in [-0.2, -0.15) is 0 Å². The Morgan fingerprint density at radius 2 is 1.67 bits per heavy atom. The third-order valence-corrected chi connectivity index (χ3v) is 3.70. The molecule has 110 valence electrons. The van der Waals surface area contributed by atoms with E-state index in [9.17, 15) is 13.2 Å². The fourth-order valence-electron chi connectivity index (χ4n) is 2.68. The molecule has 0 fully saturated rings. The van der Waals surface area contributed by atoms with E-state index in [0.717, 1.165) is 11.1 Å². The summed E-state index contributed by atoms with van der Waals surface area (Å²) in [4.78, 5) is 0. The molecular formula is C16H14F3NO. The smallest absolute Gasteiger partial charge is 0.134 e. The molecule has 5 heteroatoms. The van der Waals surface area contributed by atoms with E-state index in [1.54, 1.807) is 13.1 Å².